The summed E-state index contributed by atoms with van der Waals surface area (Å²) in [5, 5.41) is 3.34. The number of carbonyl (C=O) groups is 1. The topological polar surface area (TPSA) is 64.3 Å². The normalized spacial score (nSPS) is 16.8. The van der Waals surface area contributed by atoms with Crippen LogP contribution in [0.25, 0.3) is 0 Å². The lowest BCUT2D eigenvalue weighted by Gasteiger charge is -2.38. The molecule has 2 rings (SSSR count). The average molecular weight is 248 g/mol. The molecule has 0 saturated heterocycles. The van der Waals surface area contributed by atoms with Crippen LogP contribution >= 0.6 is 0 Å². The molecule has 4 heteroatoms. The van der Waals surface area contributed by atoms with Gasteiger partial charge in [0.25, 0.3) is 0 Å². The Kier molecular flexibility index (Phi) is 3.45. The Morgan fingerprint density at radius 2 is 2.22 bits per heavy atom. The van der Waals surface area contributed by atoms with Gasteiger partial charge in [0, 0.05) is 17.9 Å². The lowest BCUT2D eigenvalue weighted by atomic mass is 9.70. The van der Waals surface area contributed by atoms with Crippen LogP contribution < -0.4 is 11.1 Å². The van der Waals surface area contributed by atoms with Crippen LogP contribution in [0.1, 0.15) is 36.5 Å². The number of hydrogen-bond donors (Lipinski definition) is 2. The first kappa shape index (κ1) is 12.7. The minimum absolute atomic E-state index is 0.356. The number of hydrogen-bond acceptors (Lipinski definition) is 4. The minimum Gasteiger partial charge on any atom is -0.465 e. The lowest BCUT2D eigenvalue weighted by Crippen LogP contribution is -2.33. The predicted octanol–water partition coefficient (Wildman–Crippen LogP) is 2.66. The number of nitrogen functional groups attached to an aromatic ring is 1. The second kappa shape index (κ2) is 4.88. The molecular formula is C14H20N2O2. The number of nitrogens with two attached hydrogens (primary N) is 1. The van der Waals surface area contributed by atoms with Crippen molar-refractivity contribution in [2.45, 2.75) is 26.2 Å². The van der Waals surface area contributed by atoms with E-state index in [1.54, 1.807) is 12.1 Å². The van der Waals surface area contributed by atoms with Crippen molar-refractivity contribution in [2.24, 2.45) is 5.41 Å². The molecule has 0 radical (unpaired) electrons. The van der Waals surface area contributed by atoms with Crippen molar-refractivity contribution in [3.05, 3.63) is 23.8 Å². The highest BCUT2D eigenvalue weighted by Crippen LogP contribution is 2.40. The Balaban J connectivity index is 2.13. The van der Waals surface area contributed by atoms with Crippen molar-refractivity contribution in [2.75, 3.05) is 24.7 Å². The molecule has 0 atom stereocenters. The van der Waals surface area contributed by atoms with Crippen LogP contribution in [0.15, 0.2) is 18.2 Å². The third-order valence-electron chi connectivity index (χ3n) is 3.72. The molecule has 1 fully saturated rings. The van der Waals surface area contributed by atoms with Crippen molar-refractivity contribution in [1.29, 1.82) is 0 Å². The van der Waals surface area contributed by atoms with Gasteiger partial charge in [-0.2, -0.15) is 0 Å². The highest BCUT2D eigenvalue weighted by Gasteiger charge is 2.31. The fourth-order valence-corrected chi connectivity index (χ4v) is 2.26. The second-order valence-corrected chi connectivity index (χ2v) is 5.31. The number of ether oxygens (including phenoxy) is 1. The van der Waals surface area contributed by atoms with Gasteiger partial charge in [-0.15, -0.1) is 0 Å². The fourth-order valence-electron chi connectivity index (χ4n) is 2.26. The van der Waals surface area contributed by atoms with Crippen molar-refractivity contribution in [3.63, 3.8) is 0 Å². The first-order chi connectivity index (χ1) is 8.54. The van der Waals surface area contributed by atoms with Crippen LogP contribution in [0.4, 0.5) is 11.4 Å². The molecule has 0 bridgehead atoms. The first-order valence-electron chi connectivity index (χ1n) is 6.26. The van der Waals surface area contributed by atoms with Gasteiger partial charge in [-0.1, -0.05) is 13.3 Å². The molecule has 0 aliphatic heterocycles. The van der Waals surface area contributed by atoms with Crippen LogP contribution in [0.2, 0.25) is 0 Å². The zero-order valence-corrected chi connectivity index (χ0v) is 11.0. The fraction of sp³-hybridized carbons (Fsp3) is 0.500. The molecule has 0 amide bonds. The molecule has 0 aromatic heterocycles. The van der Waals surface area contributed by atoms with Gasteiger partial charge < -0.3 is 15.8 Å². The summed E-state index contributed by atoms with van der Waals surface area (Å²) in [5.74, 6) is -0.358. The van der Waals surface area contributed by atoms with Gasteiger partial charge in [0.05, 0.1) is 12.7 Å². The van der Waals surface area contributed by atoms with E-state index in [9.17, 15) is 4.79 Å². The summed E-state index contributed by atoms with van der Waals surface area (Å²) in [4.78, 5) is 11.7. The maximum Gasteiger partial charge on any atom is 0.340 e. The average Bonchev–Trinajstić information content (AvgIpc) is 2.34. The van der Waals surface area contributed by atoms with E-state index < -0.39 is 0 Å². The number of methoxy groups -OCH3 is 1. The molecule has 0 heterocycles. The van der Waals surface area contributed by atoms with Gasteiger partial charge in [0.2, 0.25) is 0 Å². The maximum absolute atomic E-state index is 11.7. The van der Waals surface area contributed by atoms with Crippen LogP contribution in [-0.2, 0) is 4.74 Å². The predicted molar refractivity (Wildman–Crippen MR) is 72.6 cm³/mol. The zero-order chi connectivity index (χ0) is 13.2. The van der Waals surface area contributed by atoms with Crippen LogP contribution in [0.5, 0.6) is 0 Å². The second-order valence-electron chi connectivity index (χ2n) is 5.31. The van der Waals surface area contributed by atoms with E-state index in [1.165, 1.54) is 26.4 Å². The van der Waals surface area contributed by atoms with E-state index in [2.05, 4.69) is 12.2 Å². The number of nitrogens with one attached hydrogen (secondary N) is 1. The molecule has 18 heavy (non-hydrogen) atoms. The highest BCUT2D eigenvalue weighted by atomic mass is 16.5. The number of carbonyl (C=O) groups excluding carboxylic acids is 1. The molecule has 1 saturated carbocycles. The summed E-state index contributed by atoms with van der Waals surface area (Å²) in [5.41, 5.74) is 7.92. The van der Waals surface area contributed by atoms with Crippen LogP contribution in [0, 0.1) is 5.41 Å². The van der Waals surface area contributed by atoms with Crippen molar-refractivity contribution in [1.82, 2.24) is 0 Å². The number of anilines is 2. The summed E-state index contributed by atoms with van der Waals surface area (Å²) in [6.07, 6.45) is 3.77. The molecule has 1 aliphatic carbocycles. The SMILES string of the molecule is COC(=O)c1cc(N)ccc1NCC1(C)CCC1. The largest absolute Gasteiger partial charge is 0.465 e. The minimum atomic E-state index is -0.358. The summed E-state index contributed by atoms with van der Waals surface area (Å²) in [7, 11) is 1.38. The van der Waals surface area contributed by atoms with E-state index in [0.29, 0.717) is 16.7 Å². The molecule has 98 valence electrons. The number of esters is 1. The third-order valence-corrected chi connectivity index (χ3v) is 3.72. The van der Waals surface area contributed by atoms with Gasteiger partial charge in [0.15, 0.2) is 0 Å². The van der Waals surface area contributed by atoms with E-state index in [1.807, 2.05) is 6.07 Å². The van der Waals surface area contributed by atoms with Gasteiger partial charge in [-0.25, -0.2) is 4.79 Å². The molecule has 1 aliphatic rings. The highest BCUT2D eigenvalue weighted by molar-refractivity contribution is 5.96. The van der Waals surface area contributed by atoms with Gasteiger partial charge in [-0.3, -0.25) is 0 Å². The first-order valence-corrected chi connectivity index (χ1v) is 6.26. The van der Waals surface area contributed by atoms with Crippen LogP contribution in [-0.4, -0.2) is 19.6 Å². The summed E-state index contributed by atoms with van der Waals surface area (Å²) < 4.78 is 4.77. The molecule has 1 aromatic carbocycles. The Hall–Kier alpha value is -1.71. The quantitative estimate of drug-likeness (QED) is 0.635. The summed E-state index contributed by atoms with van der Waals surface area (Å²) in [6, 6.07) is 5.28. The Morgan fingerprint density at radius 3 is 2.78 bits per heavy atom. The van der Waals surface area contributed by atoms with Crippen molar-refractivity contribution >= 4 is 17.3 Å². The standard InChI is InChI=1S/C14H20N2O2/c1-14(6-3-7-14)9-16-12-5-4-10(15)8-11(12)13(17)18-2/h4-5,8,16H,3,6-7,9,15H2,1-2H3. The van der Waals surface area contributed by atoms with E-state index in [-0.39, 0.29) is 5.97 Å². The van der Waals surface area contributed by atoms with Crippen LogP contribution in [0.3, 0.4) is 0 Å². The Morgan fingerprint density at radius 1 is 1.50 bits per heavy atom. The number of rotatable bonds is 4. The Labute approximate surface area is 108 Å². The smallest absolute Gasteiger partial charge is 0.340 e. The zero-order valence-electron chi connectivity index (χ0n) is 11.0. The molecule has 0 unspecified atom stereocenters. The lowest BCUT2D eigenvalue weighted by molar-refractivity contribution is 0.0601. The third kappa shape index (κ3) is 2.58. The maximum atomic E-state index is 11.7. The molecule has 1 aromatic rings. The van der Waals surface area contributed by atoms with Gasteiger partial charge in [0.1, 0.15) is 0 Å². The monoisotopic (exact) mass is 248 g/mol. The van der Waals surface area contributed by atoms with Gasteiger partial charge >= 0.3 is 5.97 Å². The Bertz CT molecular complexity index is 453. The van der Waals surface area contributed by atoms with Crippen molar-refractivity contribution < 1.29 is 9.53 Å². The van der Waals surface area contributed by atoms with Gasteiger partial charge in [-0.05, 0) is 36.5 Å². The van der Waals surface area contributed by atoms with Crippen molar-refractivity contribution in [3.8, 4) is 0 Å². The summed E-state index contributed by atoms with van der Waals surface area (Å²) >= 11 is 0. The van der Waals surface area contributed by atoms with E-state index in [4.69, 9.17) is 10.5 Å². The number of benzene rings is 1. The molecule has 4 nitrogen and oxygen atoms in total. The van der Waals surface area contributed by atoms with E-state index >= 15 is 0 Å². The molecular weight excluding hydrogens is 228 g/mol. The molecule has 3 N–H and O–H groups in total. The molecule has 0 spiro atoms. The van der Waals surface area contributed by atoms with E-state index in [0.717, 1.165) is 12.2 Å². The summed E-state index contributed by atoms with van der Waals surface area (Å²) in [6.45, 7) is 3.14.